The SMILES string of the molecule is CCCCCC(O)/C=C/OBO. The number of unbranched alkanes of at least 4 members (excludes halogenated alkanes) is 2. The maximum Gasteiger partial charge on any atom is 0.503 e. The Bertz CT molecular complexity index is 117. The molecule has 0 amide bonds. The first-order valence-electron chi connectivity index (χ1n) is 4.38. The summed E-state index contributed by atoms with van der Waals surface area (Å²) in [5.74, 6) is 0. The molecule has 0 aliphatic carbocycles. The second-order valence-electron chi connectivity index (χ2n) is 2.69. The molecule has 0 fully saturated rings. The molecule has 12 heavy (non-hydrogen) atoms. The Labute approximate surface area is 74.4 Å². The van der Waals surface area contributed by atoms with Crippen LogP contribution in [-0.2, 0) is 4.65 Å². The monoisotopic (exact) mass is 172 g/mol. The largest absolute Gasteiger partial charge is 0.545 e. The van der Waals surface area contributed by atoms with Crippen LogP contribution in [-0.4, -0.2) is 23.9 Å². The summed E-state index contributed by atoms with van der Waals surface area (Å²) in [4.78, 5) is 0. The Hall–Kier alpha value is -0.475. The van der Waals surface area contributed by atoms with Gasteiger partial charge >= 0.3 is 7.69 Å². The van der Waals surface area contributed by atoms with Crippen molar-refractivity contribution in [2.45, 2.75) is 38.7 Å². The first-order chi connectivity index (χ1) is 5.81. The van der Waals surface area contributed by atoms with Gasteiger partial charge < -0.3 is 14.8 Å². The molecule has 0 aromatic carbocycles. The van der Waals surface area contributed by atoms with Crippen LogP contribution in [0.25, 0.3) is 0 Å². The Kier molecular flexibility index (Phi) is 8.28. The van der Waals surface area contributed by atoms with Crippen molar-refractivity contribution in [3.63, 3.8) is 0 Å². The number of hydrogen-bond donors (Lipinski definition) is 2. The minimum Gasteiger partial charge on any atom is -0.545 e. The lowest BCUT2D eigenvalue weighted by molar-refractivity contribution is 0.205. The van der Waals surface area contributed by atoms with Crippen LogP contribution in [0.15, 0.2) is 12.3 Å². The van der Waals surface area contributed by atoms with Crippen LogP contribution in [0.2, 0.25) is 0 Å². The highest BCUT2D eigenvalue weighted by molar-refractivity contribution is 6.16. The second-order valence-corrected chi connectivity index (χ2v) is 2.69. The van der Waals surface area contributed by atoms with E-state index in [9.17, 15) is 5.11 Å². The maximum absolute atomic E-state index is 9.25. The molecule has 0 aliphatic heterocycles. The van der Waals surface area contributed by atoms with Gasteiger partial charge in [0.05, 0.1) is 12.4 Å². The summed E-state index contributed by atoms with van der Waals surface area (Å²) in [6.45, 7) is 2.12. The van der Waals surface area contributed by atoms with E-state index in [-0.39, 0.29) is 7.69 Å². The number of aliphatic hydroxyl groups is 1. The smallest absolute Gasteiger partial charge is 0.503 e. The summed E-state index contributed by atoms with van der Waals surface area (Å²) in [7, 11) is -0.335. The quantitative estimate of drug-likeness (QED) is 0.338. The van der Waals surface area contributed by atoms with E-state index in [0.29, 0.717) is 0 Å². The van der Waals surface area contributed by atoms with Gasteiger partial charge in [0.1, 0.15) is 0 Å². The lowest BCUT2D eigenvalue weighted by atomic mass is 10.1. The van der Waals surface area contributed by atoms with Crippen molar-refractivity contribution in [1.82, 2.24) is 0 Å². The number of aliphatic hydroxyl groups excluding tert-OH is 1. The number of rotatable bonds is 7. The van der Waals surface area contributed by atoms with Gasteiger partial charge in [0.15, 0.2) is 0 Å². The van der Waals surface area contributed by atoms with Crippen LogP contribution in [0.1, 0.15) is 32.6 Å². The molecule has 2 N–H and O–H groups in total. The molecule has 0 spiro atoms. The molecule has 0 bridgehead atoms. The van der Waals surface area contributed by atoms with E-state index < -0.39 is 6.10 Å². The van der Waals surface area contributed by atoms with Crippen LogP contribution in [0.5, 0.6) is 0 Å². The topological polar surface area (TPSA) is 49.7 Å². The zero-order chi connectivity index (χ0) is 9.23. The van der Waals surface area contributed by atoms with Crippen molar-refractivity contribution < 1.29 is 14.8 Å². The van der Waals surface area contributed by atoms with Crippen LogP contribution in [0.3, 0.4) is 0 Å². The Morgan fingerprint density at radius 3 is 2.83 bits per heavy atom. The molecule has 0 rings (SSSR count). The summed E-state index contributed by atoms with van der Waals surface area (Å²) >= 11 is 0. The van der Waals surface area contributed by atoms with Crippen molar-refractivity contribution in [1.29, 1.82) is 0 Å². The minimum atomic E-state index is -0.442. The third-order valence-electron chi connectivity index (χ3n) is 1.57. The predicted octanol–water partition coefficient (Wildman–Crippen LogP) is 0.717. The van der Waals surface area contributed by atoms with Gasteiger partial charge in [0, 0.05) is 0 Å². The van der Waals surface area contributed by atoms with Crippen LogP contribution >= 0.6 is 0 Å². The zero-order valence-corrected chi connectivity index (χ0v) is 7.57. The highest BCUT2D eigenvalue weighted by atomic mass is 16.5. The van der Waals surface area contributed by atoms with Crippen molar-refractivity contribution in [3.05, 3.63) is 12.3 Å². The molecule has 3 nitrogen and oxygen atoms in total. The van der Waals surface area contributed by atoms with Gasteiger partial charge in [-0.1, -0.05) is 26.2 Å². The fraction of sp³-hybridized carbons (Fsp3) is 0.750. The zero-order valence-electron chi connectivity index (χ0n) is 7.57. The fourth-order valence-electron chi connectivity index (χ4n) is 0.889. The molecule has 70 valence electrons. The standard InChI is InChI=1S/C8H17BO3/c1-2-3-4-5-8(10)6-7-12-9-11/h6-11H,2-5H2,1H3/b7-6+. The highest BCUT2D eigenvalue weighted by Gasteiger charge is 1.97. The van der Waals surface area contributed by atoms with Crippen molar-refractivity contribution in [2.24, 2.45) is 0 Å². The molecule has 4 heteroatoms. The Balaban J connectivity index is 3.26. The van der Waals surface area contributed by atoms with E-state index >= 15 is 0 Å². The molecule has 0 radical (unpaired) electrons. The summed E-state index contributed by atoms with van der Waals surface area (Å²) in [5, 5.41) is 17.5. The van der Waals surface area contributed by atoms with E-state index in [1.807, 2.05) is 0 Å². The highest BCUT2D eigenvalue weighted by Crippen LogP contribution is 2.03. The molecule has 1 atom stereocenters. The number of hydrogen-bond acceptors (Lipinski definition) is 3. The first kappa shape index (κ1) is 11.5. The molecule has 0 heterocycles. The van der Waals surface area contributed by atoms with Gasteiger partial charge in [-0.05, 0) is 12.5 Å². The third-order valence-corrected chi connectivity index (χ3v) is 1.57. The van der Waals surface area contributed by atoms with Crippen LogP contribution < -0.4 is 0 Å². The fourth-order valence-corrected chi connectivity index (χ4v) is 0.889. The van der Waals surface area contributed by atoms with Gasteiger partial charge in [-0.25, -0.2) is 0 Å². The second kappa shape index (κ2) is 8.62. The van der Waals surface area contributed by atoms with Gasteiger partial charge in [0.2, 0.25) is 0 Å². The normalized spacial score (nSPS) is 13.2. The summed E-state index contributed by atoms with van der Waals surface area (Å²) in [6, 6.07) is 0. The predicted molar refractivity (Wildman–Crippen MR) is 49.7 cm³/mol. The van der Waals surface area contributed by atoms with E-state index in [4.69, 9.17) is 5.02 Å². The van der Waals surface area contributed by atoms with Crippen LogP contribution in [0, 0.1) is 0 Å². The van der Waals surface area contributed by atoms with E-state index in [2.05, 4.69) is 11.6 Å². The summed E-state index contributed by atoms with van der Waals surface area (Å²) < 4.78 is 4.53. The van der Waals surface area contributed by atoms with E-state index in [1.54, 1.807) is 6.08 Å². The molecule has 0 aromatic heterocycles. The molecular formula is C8H17BO3. The van der Waals surface area contributed by atoms with Gasteiger partial charge in [-0.2, -0.15) is 0 Å². The molecule has 0 aliphatic rings. The van der Waals surface area contributed by atoms with Gasteiger partial charge in [-0.15, -0.1) is 0 Å². The summed E-state index contributed by atoms with van der Waals surface area (Å²) in [5.41, 5.74) is 0. The van der Waals surface area contributed by atoms with Gasteiger partial charge in [-0.3, -0.25) is 0 Å². The van der Waals surface area contributed by atoms with Crippen molar-refractivity contribution in [3.8, 4) is 0 Å². The average Bonchev–Trinajstić information content (AvgIpc) is 2.06. The van der Waals surface area contributed by atoms with Crippen LogP contribution in [0.4, 0.5) is 0 Å². The lowest BCUT2D eigenvalue weighted by Crippen LogP contribution is -2.02. The average molecular weight is 172 g/mol. The molecule has 1 unspecified atom stereocenters. The van der Waals surface area contributed by atoms with E-state index in [1.165, 1.54) is 6.26 Å². The lowest BCUT2D eigenvalue weighted by Gasteiger charge is -2.03. The maximum atomic E-state index is 9.25. The molecule has 0 saturated carbocycles. The van der Waals surface area contributed by atoms with Crippen molar-refractivity contribution >= 4 is 7.69 Å². The first-order valence-corrected chi connectivity index (χ1v) is 4.38. The van der Waals surface area contributed by atoms with Crippen molar-refractivity contribution in [2.75, 3.05) is 0 Å². The molecule has 0 aromatic rings. The minimum absolute atomic E-state index is 0.335. The third kappa shape index (κ3) is 7.63. The Morgan fingerprint density at radius 2 is 2.25 bits per heavy atom. The Morgan fingerprint density at radius 1 is 1.50 bits per heavy atom. The molecule has 0 saturated heterocycles. The summed E-state index contributed by atoms with van der Waals surface area (Å²) in [6.07, 6.45) is 6.53. The van der Waals surface area contributed by atoms with E-state index in [0.717, 1.165) is 25.7 Å². The van der Waals surface area contributed by atoms with Gasteiger partial charge in [0.25, 0.3) is 0 Å². The molecular weight excluding hydrogens is 155 g/mol.